The van der Waals surface area contributed by atoms with Gasteiger partial charge in [0.25, 0.3) is 0 Å². The average molecular weight is 555 g/mol. The largest absolute Gasteiger partial charge is 0.494 e. The van der Waals surface area contributed by atoms with E-state index >= 15 is 0 Å². The predicted octanol–water partition coefficient (Wildman–Crippen LogP) is 9.09. The molecule has 2 fully saturated rings. The maximum absolute atomic E-state index is 12.0. The lowest BCUT2D eigenvalue weighted by atomic mass is 9.77. The van der Waals surface area contributed by atoms with Crippen molar-refractivity contribution in [2.24, 2.45) is 11.8 Å². The topological polar surface area (TPSA) is 61.8 Å². The summed E-state index contributed by atoms with van der Waals surface area (Å²) in [4.78, 5) is 23.9. The molecule has 5 nitrogen and oxygen atoms in total. The number of unbranched alkanes of at least 4 members (excludes halogenated alkanes) is 4. The molecule has 1 aromatic rings. The third kappa shape index (κ3) is 12.5. The van der Waals surface area contributed by atoms with Gasteiger partial charge in [0.15, 0.2) is 0 Å². The molecule has 2 saturated carbocycles. The fourth-order valence-electron chi connectivity index (χ4n) is 6.37. The van der Waals surface area contributed by atoms with Crippen LogP contribution >= 0.6 is 0 Å². The van der Waals surface area contributed by atoms with Crippen molar-refractivity contribution in [3.8, 4) is 5.75 Å². The van der Waals surface area contributed by atoms with E-state index in [1.165, 1.54) is 75.5 Å². The lowest BCUT2D eigenvalue weighted by molar-refractivity contribution is -0.145. The highest BCUT2D eigenvalue weighted by Crippen LogP contribution is 2.38. The zero-order chi connectivity index (χ0) is 28.4. The molecule has 3 rings (SSSR count). The van der Waals surface area contributed by atoms with Crippen LogP contribution in [0.25, 0.3) is 0 Å². The summed E-state index contributed by atoms with van der Waals surface area (Å²) in [6, 6.07) is 8.74. The molecule has 5 heteroatoms. The second kappa shape index (κ2) is 18.9. The highest BCUT2D eigenvalue weighted by molar-refractivity contribution is 5.91. The van der Waals surface area contributed by atoms with Gasteiger partial charge in [-0.25, -0.2) is 9.59 Å². The number of ether oxygens (including phenoxy) is 3. The SMILES string of the molecule is CCCCC1CCC(OC(=O)/C=C/C(=O)OCCCCCCOc2ccc(C3CCC(CCC)CC3)cc2)CC1. The van der Waals surface area contributed by atoms with E-state index in [0.29, 0.717) is 19.1 Å². The van der Waals surface area contributed by atoms with Gasteiger partial charge in [-0.05, 0) is 112 Å². The third-order valence-electron chi connectivity index (χ3n) is 8.84. The molecular formula is C35H54O5. The van der Waals surface area contributed by atoms with Crippen molar-refractivity contribution in [3.05, 3.63) is 42.0 Å². The minimum atomic E-state index is -0.485. The van der Waals surface area contributed by atoms with Gasteiger partial charge in [-0.3, -0.25) is 0 Å². The monoisotopic (exact) mass is 554 g/mol. The van der Waals surface area contributed by atoms with E-state index in [1.54, 1.807) is 0 Å². The molecule has 0 atom stereocenters. The van der Waals surface area contributed by atoms with Crippen LogP contribution in [-0.2, 0) is 19.1 Å². The molecule has 0 spiro atoms. The number of rotatable bonds is 17. The van der Waals surface area contributed by atoms with E-state index < -0.39 is 11.9 Å². The van der Waals surface area contributed by atoms with E-state index in [-0.39, 0.29) is 6.10 Å². The fraction of sp³-hybridized carbons (Fsp3) is 0.714. The summed E-state index contributed by atoms with van der Waals surface area (Å²) in [5, 5.41) is 0. The first-order valence-corrected chi connectivity index (χ1v) is 16.4. The summed E-state index contributed by atoms with van der Waals surface area (Å²) in [7, 11) is 0. The lowest BCUT2D eigenvalue weighted by Crippen LogP contribution is -2.24. The van der Waals surface area contributed by atoms with Crippen LogP contribution in [0.15, 0.2) is 36.4 Å². The molecule has 1 aromatic carbocycles. The summed E-state index contributed by atoms with van der Waals surface area (Å²) >= 11 is 0. The molecule has 0 aliphatic heterocycles. The van der Waals surface area contributed by atoms with Crippen LogP contribution in [0.5, 0.6) is 5.75 Å². The number of hydrogen-bond acceptors (Lipinski definition) is 5. The molecule has 2 aliphatic rings. The van der Waals surface area contributed by atoms with E-state index in [1.807, 2.05) is 0 Å². The van der Waals surface area contributed by atoms with Gasteiger partial charge < -0.3 is 14.2 Å². The molecule has 2 aliphatic carbocycles. The van der Waals surface area contributed by atoms with E-state index in [0.717, 1.165) is 69.0 Å². The first-order chi connectivity index (χ1) is 19.6. The maximum Gasteiger partial charge on any atom is 0.331 e. The van der Waals surface area contributed by atoms with Gasteiger partial charge in [-0.2, -0.15) is 0 Å². The van der Waals surface area contributed by atoms with Crippen molar-refractivity contribution >= 4 is 11.9 Å². The molecule has 0 aromatic heterocycles. The van der Waals surface area contributed by atoms with Gasteiger partial charge >= 0.3 is 11.9 Å². The Kier molecular flexibility index (Phi) is 15.3. The molecule has 0 bridgehead atoms. The fourth-order valence-corrected chi connectivity index (χ4v) is 6.37. The summed E-state index contributed by atoms with van der Waals surface area (Å²) in [6.07, 6.45) is 22.2. The van der Waals surface area contributed by atoms with Crippen molar-refractivity contribution < 1.29 is 23.8 Å². The van der Waals surface area contributed by atoms with E-state index in [2.05, 4.69) is 38.1 Å². The highest BCUT2D eigenvalue weighted by Gasteiger charge is 2.23. The Balaban J connectivity index is 1.16. The molecule has 0 heterocycles. The quantitative estimate of drug-likeness (QED) is 0.109. The third-order valence-corrected chi connectivity index (χ3v) is 8.84. The minimum absolute atomic E-state index is 0.0190. The van der Waals surface area contributed by atoms with Gasteiger partial charge in [0.2, 0.25) is 0 Å². The second-order valence-corrected chi connectivity index (χ2v) is 12.1. The van der Waals surface area contributed by atoms with Crippen molar-refractivity contribution in [2.45, 2.75) is 135 Å². The molecular weight excluding hydrogens is 500 g/mol. The lowest BCUT2D eigenvalue weighted by Gasteiger charge is -2.28. The van der Waals surface area contributed by atoms with Crippen LogP contribution in [0.2, 0.25) is 0 Å². The van der Waals surface area contributed by atoms with Crippen LogP contribution in [0.3, 0.4) is 0 Å². The van der Waals surface area contributed by atoms with Gasteiger partial charge in [0.1, 0.15) is 11.9 Å². The van der Waals surface area contributed by atoms with Crippen LogP contribution in [0, 0.1) is 11.8 Å². The Morgan fingerprint density at radius 2 is 1.32 bits per heavy atom. The molecule has 0 unspecified atom stereocenters. The molecule has 224 valence electrons. The van der Waals surface area contributed by atoms with Gasteiger partial charge in [0, 0.05) is 12.2 Å². The normalized spacial score (nSPS) is 23.1. The van der Waals surface area contributed by atoms with Crippen LogP contribution in [0.1, 0.15) is 134 Å². The Morgan fingerprint density at radius 3 is 2.00 bits per heavy atom. The summed E-state index contributed by atoms with van der Waals surface area (Å²) in [5.41, 5.74) is 1.46. The molecule has 0 amide bonds. The number of esters is 2. The van der Waals surface area contributed by atoms with Gasteiger partial charge in [-0.15, -0.1) is 0 Å². The van der Waals surface area contributed by atoms with Gasteiger partial charge in [0.05, 0.1) is 13.2 Å². The standard InChI is InChI=1S/C35H54O5/c1-3-5-11-29-14-20-33(21-15-29)40-35(37)25-24-34(36)39-27-9-7-6-8-26-38-32-22-18-31(19-23-32)30-16-12-28(10-4-2)13-17-30/h18-19,22-25,28-30,33H,3-17,20-21,26-27H2,1-2H3/b25-24+. The maximum atomic E-state index is 12.0. The summed E-state index contributed by atoms with van der Waals surface area (Å²) in [6.45, 7) is 5.58. The van der Waals surface area contributed by atoms with Crippen molar-refractivity contribution in [3.63, 3.8) is 0 Å². The first kappa shape index (κ1) is 32.2. The average Bonchev–Trinajstić information content (AvgIpc) is 2.98. The molecule has 0 saturated heterocycles. The zero-order valence-electron chi connectivity index (χ0n) is 25.2. The Labute approximate surface area is 243 Å². The number of hydrogen-bond donors (Lipinski definition) is 0. The van der Waals surface area contributed by atoms with E-state index in [4.69, 9.17) is 14.2 Å². The zero-order valence-corrected chi connectivity index (χ0v) is 25.2. The first-order valence-electron chi connectivity index (χ1n) is 16.4. The summed E-state index contributed by atoms with van der Waals surface area (Å²) < 4.78 is 16.7. The van der Waals surface area contributed by atoms with Crippen LogP contribution in [0.4, 0.5) is 0 Å². The molecule has 0 radical (unpaired) electrons. The number of carbonyl (C=O) groups is 2. The molecule has 40 heavy (non-hydrogen) atoms. The smallest absolute Gasteiger partial charge is 0.331 e. The van der Waals surface area contributed by atoms with Crippen molar-refractivity contribution in [1.82, 2.24) is 0 Å². The van der Waals surface area contributed by atoms with Crippen molar-refractivity contribution in [1.29, 1.82) is 0 Å². The Morgan fingerprint density at radius 1 is 0.700 bits per heavy atom. The predicted molar refractivity (Wildman–Crippen MR) is 161 cm³/mol. The van der Waals surface area contributed by atoms with Gasteiger partial charge in [-0.1, -0.05) is 58.1 Å². The van der Waals surface area contributed by atoms with Crippen LogP contribution in [-0.4, -0.2) is 31.3 Å². The molecule has 0 N–H and O–H groups in total. The highest BCUT2D eigenvalue weighted by atomic mass is 16.5. The number of carbonyl (C=O) groups excluding carboxylic acids is 2. The van der Waals surface area contributed by atoms with Crippen molar-refractivity contribution in [2.75, 3.05) is 13.2 Å². The van der Waals surface area contributed by atoms with E-state index in [9.17, 15) is 9.59 Å². The Hall–Kier alpha value is -2.30. The number of benzene rings is 1. The Bertz CT molecular complexity index is 860. The minimum Gasteiger partial charge on any atom is -0.494 e. The van der Waals surface area contributed by atoms with Crippen LogP contribution < -0.4 is 4.74 Å². The summed E-state index contributed by atoms with van der Waals surface area (Å²) in [5.74, 6) is 2.44. The second-order valence-electron chi connectivity index (χ2n) is 12.1.